The minimum atomic E-state index is -0.197. The van der Waals surface area contributed by atoms with Gasteiger partial charge < -0.3 is 19.1 Å². The normalized spacial score (nSPS) is 24.2. The third kappa shape index (κ3) is 5.80. The molecule has 1 amide bonds. The molecule has 0 radical (unpaired) electrons. The first-order valence-corrected chi connectivity index (χ1v) is 15.0. The molecule has 2 bridgehead atoms. The van der Waals surface area contributed by atoms with Gasteiger partial charge in [-0.3, -0.25) is 4.79 Å². The van der Waals surface area contributed by atoms with Gasteiger partial charge in [-0.05, 0) is 73.3 Å². The number of fused-ring (bicyclic) bond motifs is 1. The van der Waals surface area contributed by atoms with E-state index in [0.717, 1.165) is 62.7 Å². The molecule has 1 aliphatic heterocycles. The summed E-state index contributed by atoms with van der Waals surface area (Å²) in [5.74, 6) is 0.961. The maximum absolute atomic E-state index is 13.3. The fourth-order valence-electron chi connectivity index (χ4n) is 7.32. The monoisotopic (exact) mass is 533 g/mol. The Labute approximate surface area is 233 Å². The number of ether oxygens (including phenoxy) is 3. The molecule has 39 heavy (non-hydrogen) atoms. The predicted octanol–water partition coefficient (Wildman–Crippen LogP) is 7.18. The number of carbonyl (C=O) groups is 2. The summed E-state index contributed by atoms with van der Waals surface area (Å²) in [7, 11) is 0. The number of rotatable bonds is 10. The fraction of sp³-hybridized carbons (Fsp3) is 0.576. The van der Waals surface area contributed by atoms with Gasteiger partial charge >= 0.3 is 12.1 Å². The van der Waals surface area contributed by atoms with E-state index in [1.165, 1.54) is 24.0 Å². The maximum atomic E-state index is 13.3. The molecule has 1 saturated heterocycles. The average molecular weight is 534 g/mol. The van der Waals surface area contributed by atoms with Gasteiger partial charge in [0.1, 0.15) is 12.4 Å². The van der Waals surface area contributed by atoms with E-state index in [1.807, 2.05) is 48.2 Å². The van der Waals surface area contributed by atoms with Crippen molar-refractivity contribution in [3.63, 3.8) is 0 Å². The SMILES string of the molecule is CCCCC(CC)C(=O)OCOc1ccc2c(c1)[C@]13CCCC[C@@H]1[C@H](C2)N(C(=O)OCc1ccccc1)CC3. The van der Waals surface area contributed by atoms with Gasteiger partial charge in [-0.15, -0.1) is 0 Å². The van der Waals surface area contributed by atoms with E-state index < -0.39 is 0 Å². The fourth-order valence-corrected chi connectivity index (χ4v) is 7.32. The molecular formula is C33H43NO5. The van der Waals surface area contributed by atoms with E-state index in [4.69, 9.17) is 14.2 Å². The molecular weight excluding hydrogens is 490 g/mol. The number of amides is 1. The summed E-state index contributed by atoms with van der Waals surface area (Å²) >= 11 is 0. The Bertz CT molecular complexity index is 1130. The molecule has 6 nitrogen and oxygen atoms in total. The highest BCUT2D eigenvalue weighted by atomic mass is 16.7. The third-order valence-electron chi connectivity index (χ3n) is 9.41. The molecule has 0 N–H and O–H groups in total. The number of benzene rings is 2. The van der Waals surface area contributed by atoms with E-state index in [1.54, 1.807) is 0 Å². The van der Waals surface area contributed by atoms with Crippen molar-refractivity contribution in [3.05, 3.63) is 65.2 Å². The zero-order chi connectivity index (χ0) is 27.2. The van der Waals surface area contributed by atoms with Crippen molar-refractivity contribution in [2.75, 3.05) is 13.3 Å². The van der Waals surface area contributed by atoms with Gasteiger partial charge in [-0.25, -0.2) is 4.79 Å². The van der Waals surface area contributed by atoms with Crippen LogP contribution < -0.4 is 4.74 Å². The van der Waals surface area contributed by atoms with Crippen LogP contribution in [-0.4, -0.2) is 36.3 Å². The van der Waals surface area contributed by atoms with Crippen molar-refractivity contribution >= 4 is 12.1 Å². The van der Waals surface area contributed by atoms with E-state index >= 15 is 0 Å². The zero-order valence-corrected chi connectivity index (χ0v) is 23.5. The Morgan fingerprint density at radius 3 is 2.69 bits per heavy atom. The molecule has 6 heteroatoms. The van der Waals surface area contributed by atoms with Crippen molar-refractivity contribution in [2.45, 2.75) is 96.1 Å². The van der Waals surface area contributed by atoms with Crippen LogP contribution in [-0.2, 0) is 32.7 Å². The highest BCUT2D eigenvalue weighted by Gasteiger charge is 2.55. The van der Waals surface area contributed by atoms with E-state index in [9.17, 15) is 9.59 Å². The molecule has 5 rings (SSSR count). The van der Waals surface area contributed by atoms with Crippen LogP contribution in [0.15, 0.2) is 48.5 Å². The van der Waals surface area contributed by atoms with Crippen molar-refractivity contribution < 1.29 is 23.8 Å². The Morgan fingerprint density at radius 2 is 1.90 bits per heavy atom. The quantitative estimate of drug-likeness (QED) is 0.239. The Hall–Kier alpha value is -3.02. The van der Waals surface area contributed by atoms with E-state index in [2.05, 4.69) is 19.1 Å². The number of hydrogen-bond donors (Lipinski definition) is 0. The number of carbonyl (C=O) groups excluding carboxylic acids is 2. The molecule has 2 fully saturated rings. The lowest BCUT2D eigenvalue weighted by Crippen LogP contribution is -2.62. The molecule has 0 aromatic heterocycles. The largest absolute Gasteiger partial charge is 0.457 e. The van der Waals surface area contributed by atoms with E-state index in [0.29, 0.717) is 19.1 Å². The van der Waals surface area contributed by atoms with Gasteiger partial charge in [-0.2, -0.15) is 0 Å². The van der Waals surface area contributed by atoms with Crippen LogP contribution in [0.25, 0.3) is 0 Å². The Kier molecular flexibility index (Phi) is 8.79. The maximum Gasteiger partial charge on any atom is 0.410 e. The standard InChI is InChI=1S/C33H43NO5/c1-3-5-13-25(4-2)31(35)39-23-38-27-16-15-26-20-30-28-14-9-10-17-33(28,29(26)21-27)18-19-34(30)32(36)37-22-24-11-7-6-8-12-24/h6-8,11-12,15-16,21,25,28,30H,3-5,9-10,13-14,17-20,22-23H2,1-2H3/t25?,28-,30+,33+/m1/s1. The lowest BCUT2D eigenvalue weighted by atomic mass is 9.52. The van der Waals surface area contributed by atoms with Gasteiger partial charge in [0.15, 0.2) is 0 Å². The smallest absolute Gasteiger partial charge is 0.410 e. The molecule has 0 spiro atoms. The molecule has 4 atom stereocenters. The van der Waals surface area contributed by atoms with Crippen molar-refractivity contribution in [3.8, 4) is 5.75 Å². The van der Waals surface area contributed by atoms with Gasteiger partial charge in [0.2, 0.25) is 6.79 Å². The second-order valence-corrected chi connectivity index (χ2v) is 11.6. The lowest BCUT2D eigenvalue weighted by Gasteiger charge is -2.58. The minimum absolute atomic E-state index is 0.0551. The summed E-state index contributed by atoms with van der Waals surface area (Å²) in [6, 6.07) is 16.4. The van der Waals surface area contributed by atoms with Crippen LogP contribution in [0.5, 0.6) is 5.75 Å². The predicted molar refractivity (Wildman–Crippen MR) is 150 cm³/mol. The second-order valence-electron chi connectivity index (χ2n) is 11.6. The summed E-state index contributed by atoms with van der Waals surface area (Å²) in [6.45, 7) is 5.14. The topological polar surface area (TPSA) is 65.1 Å². The minimum Gasteiger partial charge on any atom is -0.457 e. The first-order chi connectivity index (χ1) is 19.1. The third-order valence-corrected chi connectivity index (χ3v) is 9.41. The van der Waals surface area contributed by atoms with Crippen LogP contribution in [0.2, 0.25) is 0 Å². The first-order valence-electron chi connectivity index (χ1n) is 15.0. The second kappa shape index (κ2) is 12.4. The number of hydrogen-bond acceptors (Lipinski definition) is 5. The van der Waals surface area contributed by atoms with Gasteiger partial charge in [0, 0.05) is 18.0 Å². The van der Waals surface area contributed by atoms with Crippen LogP contribution in [0.1, 0.15) is 88.3 Å². The molecule has 1 saturated carbocycles. The number of esters is 1. The van der Waals surface area contributed by atoms with Gasteiger partial charge in [0.25, 0.3) is 0 Å². The van der Waals surface area contributed by atoms with Crippen LogP contribution >= 0.6 is 0 Å². The molecule has 2 aromatic carbocycles. The van der Waals surface area contributed by atoms with Crippen LogP contribution in [0.4, 0.5) is 4.79 Å². The summed E-state index contributed by atoms with van der Waals surface area (Å²) in [4.78, 5) is 27.8. The molecule has 2 aliphatic carbocycles. The Balaban J connectivity index is 1.27. The first kappa shape index (κ1) is 27.5. The number of unbranched alkanes of at least 4 members (excludes halogenated alkanes) is 1. The highest BCUT2D eigenvalue weighted by Crippen LogP contribution is 2.56. The Morgan fingerprint density at radius 1 is 1.05 bits per heavy atom. The van der Waals surface area contributed by atoms with E-state index in [-0.39, 0.29) is 36.2 Å². The van der Waals surface area contributed by atoms with Gasteiger partial charge in [-0.1, -0.05) is 75.9 Å². The summed E-state index contributed by atoms with van der Waals surface area (Å²) in [5, 5.41) is 0. The molecule has 2 aromatic rings. The molecule has 1 unspecified atom stereocenters. The van der Waals surface area contributed by atoms with Gasteiger partial charge in [0.05, 0.1) is 5.92 Å². The summed E-state index contributed by atoms with van der Waals surface area (Å²) in [6.07, 6.45) is 10.0. The van der Waals surface area contributed by atoms with Crippen molar-refractivity contribution in [2.24, 2.45) is 11.8 Å². The highest BCUT2D eigenvalue weighted by molar-refractivity contribution is 5.72. The van der Waals surface area contributed by atoms with Crippen LogP contribution in [0, 0.1) is 11.8 Å². The number of nitrogens with zero attached hydrogens (tertiary/aromatic N) is 1. The molecule has 1 heterocycles. The number of piperidine rings is 1. The number of likely N-dealkylation sites (tertiary alicyclic amines) is 1. The average Bonchev–Trinajstić information content (AvgIpc) is 2.97. The molecule has 210 valence electrons. The summed E-state index contributed by atoms with van der Waals surface area (Å²) < 4.78 is 17.2. The summed E-state index contributed by atoms with van der Waals surface area (Å²) in [5.41, 5.74) is 3.75. The molecule has 3 aliphatic rings. The van der Waals surface area contributed by atoms with Crippen molar-refractivity contribution in [1.29, 1.82) is 0 Å². The zero-order valence-electron chi connectivity index (χ0n) is 23.5. The van der Waals surface area contributed by atoms with Crippen molar-refractivity contribution in [1.82, 2.24) is 4.90 Å². The lowest BCUT2D eigenvalue weighted by molar-refractivity contribution is -0.155. The van der Waals surface area contributed by atoms with Crippen LogP contribution in [0.3, 0.4) is 0 Å².